The first-order chi connectivity index (χ1) is 8.74. The minimum Gasteiger partial charge on any atom is -0.464 e. The van der Waals surface area contributed by atoms with Crippen molar-refractivity contribution in [3.63, 3.8) is 0 Å². The number of carbonyl (C=O) groups excluding carboxylic acids is 2. The van der Waals surface area contributed by atoms with E-state index in [0.29, 0.717) is 12.8 Å². The molecule has 1 atom stereocenters. The van der Waals surface area contributed by atoms with E-state index in [2.05, 4.69) is 11.3 Å². The predicted molar refractivity (Wildman–Crippen MR) is 67.0 cm³/mol. The molecule has 0 amide bonds. The molecular weight excluding hydrogens is 276 g/mol. The fourth-order valence-corrected chi connectivity index (χ4v) is 1.47. The molecule has 110 valence electrons. The zero-order valence-corrected chi connectivity index (χ0v) is 11.5. The van der Waals surface area contributed by atoms with Crippen LogP contribution in [0.2, 0.25) is 0 Å². The van der Waals surface area contributed by atoms with E-state index < -0.39 is 27.8 Å². The van der Waals surface area contributed by atoms with Gasteiger partial charge in [-0.1, -0.05) is 6.58 Å². The average molecular weight is 294 g/mol. The molecule has 8 heteroatoms. The molecule has 0 spiro atoms. The maximum Gasteiger partial charge on any atom is 0.330 e. The fraction of sp³-hybridized carbons (Fsp3) is 0.636. The van der Waals surface area contributed by atoms with Gasteiger partial charge in [-0.25, -0.2) is 4.79 Å². The summed E-state index contributed by atoms with van der Waals surface area (Å²) in [5.41, 5.74) is 0. The van der Waals surface area contributed by atoms with Crippen molar-refractivity contribution >= 4 is 22.1 Å². The second-order valence-electron chi connectivity index (χ2n) is 3.85. The highest BCUT2D eigenvalue weighted by atomic mass is 32.2. The number of ether oxygens (including phenoxy) is 2. The molecule has 0 aliphatic heterocycles. The quantitative estimate of drug-likeness (QED) is 0.379. The van der Waals surface area contributed by atoms with E-state index in [0.717, 1.165) is 6.08 Å². The molecule has 1 N–H and O–H groups in total. The van der Waals surface area contributed by atoms with Crippen molar-refractivity contribution in [3.05, 3.63) is 12.7 Å². The smallest absolute Gasteiger partial charge is 0.330 e. The summed E-state index contributed by atoms with van der Waals surface area (Å²) in [6.07, 6.45) is 1.72. The lowest BCUT2D eigenvalue weighted by Crippen LogP contribution is -2.16. The lowest BCUT2D eigenvalue weighted by molar-refractivity contribution is -0.143. The Kier molecular flexibility index (Phi) is 8.01. The summed E-state index contributed by atoms with van der Waals surface area (Å²) in [5.74, 6) is -1.71. The third-order valence-electron chi connectivity index (χ3n) is 2.08. The standard InChI is InChI=1S/C11H18O7S/c1-3-10(12)18-9(2)5-4-6-11(13)17-7-8-19(14,15)16/h3,9H,1,4-8H2,2H3,(H,14,15,16). The predicted octanol–water partition coefficient (Wildman–Crippen LogP) is 0.705. The Balaban J connectivity index is 3.68. The van der Waals surface area contributed by atoms with Crippen molar-refractivity contribution in [3.8, 4) is 0 Å². The van der Waals surface area contributed by atoms with Gasteiger partial charge in [-0.2, -0.15) is 8.42 Å². The van der Waals surface area contributed by atoms with Gasteiger partial charge >= 0.3 is 11.9 Å². The van der Waals surface area contributed by atoms with Crippen molar-refractivity contribution in [2.75, 3.05) is 12.4 Å². The number of rotatable bonds is 9. The molecule has 0 radical (unpaired) electrons. The fourth-order valence-electron chi connectivity index (χ4n) is 1.17. The van der Waals surface area contributed by atoms with Crippen molar-refractivity contribution in [1.82, 2.24) is 0 Å². The second kappa shape index (κ2) is 8.65. The molecule has 0 aromatic rings. The Labute approximate surface area is 112 Å². The van der Waals surface area contributed by atoms with Gasteiger partial charge in [0.05, 0.1) is 6.10 Å². The van der Waals surface area contributed by atoms with Gasteiger partial charge in [0.1, 0.15) is 12.4 Å². The SMILES string of the molecule is C=CC(=O)OC(C)CCCC(=O)OCCS(=O)(=O)O. The topological polar surface area (TPSA) is 107 Å². The van der Waals surface area contributed by atoms with E-state index in [-0.39, 0.29) is 19.1 Å². The summed E-state index contributed by atoms with van der Waals surface area (Å²) in [4.78, 5) is 22.0. The lowest BCUT2D eigenvalue weighted by Gasteiger charge is -2.11. The maximum atomic E-state index is 11.2. The van der Waals surface area contributed by atoms with E-state index in [1.807, 2.05) is 0 Å². The van der Waals surface area contributed by atoms with Gasteiger partial charge in [0.2, 0.25) is 0 Å². The number of hydrogen-bond acceptors (Lipinski definition) is 6. The van der Waals surface area contributed by atoms with Crippen LogP contribution in [0.25, 0.3) is 0 Å². The minimum atomic E-state index is -4.11. The number of carbonyl (C=O) groups is 2. The van der Waals surface area contributed by atoms with Crippen molar-refractivity contribution in [2.45, 2.75) is 32.3 Å². The van der Waals surface area contributed by atoms with Gasteiger partial charge in [0.15, 0.2) is 0 Å². The highest BCUT2D eigenvalue weighted by molar-refractivity contribution is 7.85. The van der Waals surface area contributed by atoms with E-state index >= 15 is 0 Å². The molecule has 0 fully saturated rings. The zero-order valence-electron chi connectivity index (χ0n) is 10.7. The van der Waals surface area contributed by atoms with Crippen LogP contribution in [0.1, 0.15) is 26.2 Å². The summed E-state index contributed by atoms with van der Waals surface area (Å²) < 4.78 is 38.6. The number of esters is 2. The maximum absolute atomic E-state index is 11.2. The van der Waals surface area contributed by atoms with Crippen molar-refractivity contribution in [2.24, 2.45) is 0 Å². The van der Waals surface area contributed by atoms with E-state index in [1.54, 1.807) is 6.92 Å². The molecule has 0 aromatic heterocycles. The molecular formula is C11H18O7S. The number of hydrogen-bond donors (Lipinski definition) is 1. The molecule has 0 saturated heterocycles. The molecule has 0 aliphatic carbocycles. The summed E-state index contributed by atoms with van der Waals surface area (Å²) in [6.45, 7) is 4.57. The van der Waals surface area contributed by atoms with Crippen molar-refractivity contribution in [1.29, 1.82) is 0 Å². The van der Waals surface area contributed by atoms with Crippen LogP contribution in [0, 0.1) is 0 Å². The van der Waals surface area contributed by atoms with Gasteiger partial charge in [0.25, 0.3) is 10.1 Å². The summed E-state index contributed by atoms with van der Waals surface area (Å²) in [5, 5.41) is 0. The van der Waals surface area contributed by atoms with Gasteiger partial charge in [-0.3, -0.25) is 9.35 Å². The van der Waals surface area contributed by atoms with Gasteiger partial charge < -0.3 is 9.47 Å². The lowest BCUT2D eigenvalue weighted by atomic mass is 10.2. The highest BCUT2D eigenvalue weighted by Gasteiger charge is 2.10. The molecule has 1 unspecified atom stereocenters. The van der Waals surface area contributed by atoms with E-state index in [9.17, 15) is 18.0 Å². The van der Waals surface area contributed by atoms with Crippen LogP contribution >= 0.6 is 0 Å². The van der Waals surface area contributed by atoms with Crippen LogP contribution in [-0.2, 0) is 29.2 Å². The first kappa shape index (κ1) is 17.6. The molecule has 0 rings (SSSR count). The molecule has 0 aliphatic rings. The summed E-state index contributed by atoms with van der Waals surface area (Å²) in [6, 6.07) is 0. The Bertz CT molecular complexity index is 413. The summed E-state index contributed by atoms with van der Waals surface area (Å²) in [7, 11) is -4.11. The zero-order chi connectivity index (χ0) is 14.9. The minimum absolute atomic E-state index is 0.0848. The molecule has 0 aromatic carbocycles. The monoisotopic (exact) mass is 294 g/mol. The molecule has 0 bridgehead atoms. The van der Waals surface area contributed by atoms with Gasteiger partial charge in [-0.15, -0.1) is 0 Å². The van der Waals surface area contributed by atoms with Crippen LogP contribution in [0.4, 0.5) is 0 Å². The largest absolute Gasteiger partial charge is 0.464 e. The van der Waals surface area contributed by atoms with Gasteiger partial charge in [0, 0.05) is 12.5 Å². The Morgan fingerprint density at radius 3 is 2.58 bits per heavy atom. The first-order valence-electron chi connectivity index (χ1n) is 5.68. The van der Waals surface area contributed by atoms with Crippen LogP contribution in [-0.4, -0.2) is 43.4 Å². The Morgan fingerprint density at radius 1 is 1.42 bits per heavy atom. The average Bonchev–Trinajstić information content (AvgIpc) is 2.26. The van der Waals surface area contributed by atoms with Gasteiger partial charge in [-0.05, 0) is 19.8 Å². The van der Waals surface area contributed by atoms with E-state index in [4.69, 9.17) is 9.29 Å². The Morgan fingerprint density at radius 2 is 2.05 bits per heavy atom. The summed E-state index contributed by atoms with van der Waals surface area (Å²) >= 11 is 0. The molecule has 0 heterocycles. The van der Waals surface area contributed by atoms with E-state index in [1.165, 1.54) is 0 Å². The van der Waals surface area contributed by atoms with Crippen LogP contribution in [0.15, 0.2) is 12.7 Å². The molecule has 19 heavy (non-hydrogen) atoms. The van der Waals surface area contributed by atoms with Crippen LogP contribution in [0.5, 0.6) is 0 Å². The first-order valence-corrected chi connectivity index (χ1v) is 7.29. The normalized spacial score (nSPS) is 12.5. The van der Waals surface area contributed by atoms with Crippen LogP contribution in [0.3, 0.4) is 0 Å². The molecule has 7 nitrogen and oxygen atoms in total. The second-order valence-corrected chi connectivity index (χ2v) is 5.42. The third-order valence-corrected chi connectivity index (χ3v) is 2.76. The third kappa shape index (κ3) is 11.4. The molecule has 0 saturated carbocycles. The Hall–Kier alpha value is -1.41. The van der Waals surface area contributed by atoms with Crippen LogP contribution < -0.4 is 0 Å². The van der Waals surface area contributed by atoms with Crippen molar-refractivity contribution < 1.29 is 32.0 Å². The highest BCUT2D eigenvalue weighted by Crippen LogP contribution is 2.06.